The van der Waals surface area contributed by atoms with E-state index in [1.54, 1.807) is 17.3 Å². The second-order valence-electron chi connectivity index (χ2n) is 17.5. The van der Waals surface area contributed by atoms with Crippen LogP contribution in [0, 0.1) is 28.1 Å². The van der Waals surface area contributed by atoms with Crippen molar-refractivity contribution in [1.82, 2.24) is 40.3 Å². The highest BCUT2D eigenvalue weighted by atomic mass is 19.4. The van der Waals surface area contributed by atoms with E-state index < -0.39 is 52.3 Å². The number of imide groups is 1. The molecule has 3 aromatic heterocycles. The summed E-state index contributed by atoms with van der Waals surface area (Å²) in [7, 11) is 0. The zero-order chi connectivity index (χ0) is 42.6. The molecule has 4 aliphatic rings. The van der Waals surface area contributed by atoms with Crippen molar-refractivity contribution in [1.29, 1.82) is 5.26 Å². The number of nitriles is 1. The topological polar surface area (TPSA) is 174 Å². The number of anilines is 2. The fourth-order valence-electron chi connectivity index (χ4n) is 10.0. The summed E-state index contributed by atoms with van der Waals surface area (Å²) in [6, 6.07) is 7.59. The molecule has 4 aromatic rings. The Kier molecular flexibility index (Phi) is 10.7. The van der Waals surface area contributed by atoms with Crippen LogP contribution >= 0.6 is 0 Å². The van der Waals surface area contributed by atoms with E-state index in [9.17, 15) is 27.6 Å². The lowest BCUT2D eigenvalue weighted by atomic mass is 9.49. The normalized spacial score (nSPS) is 22.6. The molecule has 3 saturated heterocycles. The molecule has 18 heteroatoms. The SMILES string of the molecule is CC1(C)C(NC(=O)c2ncc(N3CCC(CN4CCC(n5ncc6c(N7CCC(=O)NC7=O)cccc65)CC4)CC3)cn2)C(C)(C)C1Oc1cnc(C#N)c(C(F)(F)F)c1. The van der Waals surface area contributed by atoms with Crippen molar-refractivity contribution in [2.45, 2.75) is 84.2 Å². The van der Waals surface area contributed by atoms with E-state index in [-0.39, 0.29) is 29.9 Å². The van der Waals surface area contributed by atoms with Gasteiger partial charge in [-0.3, -0.25) is 24.5 Å². The maximum Gasteiger partial charge on any atom is 0.419 e. The van der Waals surface area contributed by atoms with Crippen LogP contribution in [0.1, 0.15) is 87.7 Å². The molecule has 0 radical (unpaired) electrons. The lowest BCUT2D eigenvalue weighted by Crippen LogP contribution is -2.74. The Balaban J connectivity index is 0.804. The van der Waals surface area contributed by atoms with E-state index >= 15 is 0 Å². The van der Waals surface area contributed by atoms with Gasteiger partial charge in [0.05, 0.1) is 53.3 Å². The Hall–Kier alpha value is -5.83. The number of amides is 4. The molecule has 0 bridgehead atoms. The lowest BCUT2D eigenvalue weighted by molar-refractivity contribution is -0.165. The maximum atomic E-state index is 13.6. The van der Waals surface area contributed by atoms with Gasteiger partial charge in [0.15, 0.2) is 5.69 Å². The third-order valence-electron chi connectivity index (χ3n) is 12.8. The van der Waals surface area contributed by atoms with Gasteiger partial charge in [0.2, 0.25) is 11.7 Å². The minimum Gasteiger partial charge on any atom is -0.488 e. The molecule has 1 aliphatic carbocycles. The largest absolute Gasteiger partial charge is 0.488 e. The van der Waals surface area contributed by atoms with Gasteiger partial charge < -0.3 is 19.9 Å². The average Bonchev–Trinajstić information content (AvgIpc) is 3.67. The van der Waals surface area contributed by atoms with Crippen LogP contribution in [0.2, 0.25) is 0 Å². The number of hydrogen-bond donors (Lipinski definition) is 2. The monoisotopic (exact) mass is 827 g/mol. The summed E-state index contributed by atoms with van der Waals surface area (Å²) in [5, 5.41) is 20.2. The van der Waals surface area contributed by atoms with Gasteiger partial charge >= 0.3 is 12.2 Å². The summed E-state index contributed by atoms with van der Waals surface area (Å²) in [4.78, 5) is 56.5. The summed E-state index contributed by atoms with van der Waals surface area (Å²) >= 11 is 0. The number of carbonyl (C=O) groups is 3. The van der Waals surface area contributed by atoms with Crippen molar-refractivity contribution in [2.24, 2.45) is 16.7 Å². The number of aromatic nitrogens is 5. The number of pyridine rings is 1. The molecular formula is C42H48F3N11O4. The summed E-state index contributed by atoms with van der Waals surface area (Å²) in [6.07, 6.45) is 5.22. The number of likely N-dealkylation sites (tertiary alicyclic amines) is 1. The first-order chi connectivity index (χ1) is 28.5. The van der Waals surface area contributed by atoms with Gasteiger partial charge in [-0.05, 0) is 49.8 Å². The first kappa shape index (κ1) is 40.9. The van der Waals surface area contributed by atoms with Gasteiger partial charge in [0.1, 0.15) is 17.9 Å². The third-order valence-corrected chi connectivity index (χ3v) is 12.8. The van der Waals surface area contributed by atoms with Gasteiger partial charge in [-0.15, -0.1) is 0 Å². The second kappa shape index (κ2) is 15.6. The highest BCUT2D eigenvalue weighted by Gasteiger charge is 2.64. The number of ether oxygens (including phenoxy) is 1. The van der Waals surface area contributed by atoms with Crippen LogP contribution in [0.5, 0.6) is 5.75 Å². The molecule has 15 nitrogen and oxygen atoms in total. The van der Waals surface area contributed by atoms with E-state index in [1.807, 2.05) is 52.1 Å². The van der Waals surface area contributed by atoms with E-state index in [0.29, 0.717) is 12.5 Å². The molecule has 0 unspecified atom stereocenters. The molecule has 8 rings (SSSR count). The van der Waals surface area contributed by atoms with Gasteiger partial charge in [-0.25, -0.2) is 19.7 Å². The fourth-order valence-corrected chi connectivity index (χ4v) is 10.0. The molecule has 0 atom stereocenters. The van der Waals surface area contributed by atoms with Crippen LogP contribution < -0.4 is 25.2 Å². The highest BCUT2D eigenvalue weighted by Crippen LogP contribution is 2.55. The Morgan fingerprint density at radius 1 is 0.967 bits per heavy atom. The highest BCUT2D eigenvalue weighted by molar-refractivity contribution is 6.09. The molecule has 4 amide bonds. The molecule has 0 spiro atoms. The number of carbonyl (C=O) groups excluding carboxylic acids is 3. The Morgan fingerprint density at radius 2 is 1.67 bits per heavy atom. The minimum absolute atomic E-state index is 0.0229. The standard InChI is InChI=1S/C42H48F3N11O4/c1-40(2)37(41(3,4)38(40)60-28-18-30(42(43,44)45)31(19-46)47-22-28)52-36(58)35-48-20-27(21-49-35)54-15-8-25(9-16-54)24-53-13-10-26(11-14-53)56-33-7-5-6-32(29(33)23-50-56)55-17-12-34(57)51-39(55)59/h5-7,18,20-23,25-26,37-38H,8-17,24H2,1-4H3,(H,52,58)(H,51,57,59). The van der Waals surface area contributed by atoms with Crippen LogP contribution in [0.3, 0.4) is 0 Å². The minimum atomic E-state index is -4.76. The number of halogens is 3. The zero-order valence-corrected chi connectivity index (χ0v) is 34.0. The van der Waals surface area contributed by atoms with Crippen LogP contribution in [0.15, 0.2) is 49.1 Å². The summed E-state index contributed by atoms with van der Waals surface area (Å²) in [6.45, 7) is 12.5. The second-order valence-corrected chi connectivity index (χ2v) is 17.5. The van der Waals surface area contributed by atoms with E-state index in [0.717, 1.165) is 92.9 Å². The van der Waals surface area contributed by atoms with Crippen LogP contribution in [0.4, 0.5) is 29.3 Å². The van der Waals surface area contributed by atoms with Gasteiger partial charge in [0.25, 0.3) is 5.91 Å². The number of nitrogens with zero attached hydrogens (tertiary/aromatic N) is 9. The van der Waals surface area contributed by atoms with Crippen LogP contribution in [0.25, 0.3) is 10.9 Å². The van der Waals surface area contributed by atoms with Crippen molar-refractivity contribution in [3.8, 4) is 11.8 Å². The molecule has 60 heavy (non-hydrogen) atoms. The number of urea groups is 1. The van der Waals surface area contributed by atoms with Gasteiger partial charge in [-0.2, -0.15) is 23.5 Å². The van der Waals surface area contributed by atoms with Gasteiger partial charge in [-0.1, -0.05) is 33.8 Å². The number of benzene rings is 1. The number of fused-ring (bicyclic) bond motifs is 1. The van der Waals surface area contributed by atoms with E-state index in [2.05, 4.69) is 40.1 Å². The molecule has 1 saturated carbocycles. The van der Waals surface area contributed by atoms with Crippen LogP contribution in [-0.2, 0) is 11.0 Å². The predicted octanol–water partition coefficient (Wildman–Crippen LogP) is 5.72. The quantitative estimate of drug-likeness (QED) is 0.211. The molecule has 2 N–H and O–H groups in total. The Morgan fingerprint density at radius 3 is 2.32 bits per heavy atom. The molecule has 4 fully saturated rings. The number of piperidine rings is 2. The lowest BCUT2D eigenvalue weighted by Gasteiger charge is -2.62. The van der Waals surface area contributed by atoms with Gasteiger partial charge in [0, 0.05) is 67.9 Å². The summed E-state index contributed by atoms with van der Waals surface area (Å²) < 4.78 is 48.8. The first-order valence-electron chi connectivity index (χ1n) is 20.4. The fraction of sp³-hybridized carbons (Fsp3) is 0.524. The average molecular weight is 828 g/mol. The van der Waals surface area contributed by atoms with Crippen molar-refractivity contribution in [2.75, 3.05) is 49.1 Å². The van der Waals surface area contributed by atoms with Crippen molar-refractivity contribution in [3.05, 3.63) is 66.1 Å². The number of rotatable bonds is 9. The van der Waals surface area contributed by atoms with Crippen molar-refractivity contribution < 1.29 is 32.3 Å². The smallest absolute Gasteiger partial charge is 0.419 e. The molecular weight excluding hydrogens is 780 g/mol. The Bertz CT molecular complexity index is 2310. The zero-order valence-electron chi connectivity index (χ0n) is 34.0. The summed E-state index contributed by atoms with van der Waals surface area (Å²) in [5.41, 5.74) is -0.639. The number of nitrogens with one attached hydrogen (secondary N) is 2. The Labute approximate surface area is 345 Å². The summed E-state index contributed by atoms with van der Waals surface area (Å²) in [5.74, 6) is -0.240. The molecule has 316 valence electrons. The van der Waals surface area contributed by atoms with E-state index in [4.69, 9.17) is 15.1 Å². The number of hydrogen-bond acceptors (Lipinski definition) is 11. The van der Waals surface area contributed by atoms with Crippen molar-refractivity contribution >= 4 is 40.1 Å². The predicted molar refractivity (Wildman–Crippen MR) is 214 cm³/mol. The molecule has 6 heterocycles. The first-order valence-corrected chi connectivity index (χ1v) is 20.4. The van der Waals surface area contributed by atoms with E-state index in [1.165, 1.54) is 6.07 Å². The molecule has 3 aliphatic heterocycles. The van der Waals surface area contributed by atoms with Crippen molar-refractivity contribution in [3.63, 3.8) is 0 Å². The third kappa shape index (κ3) is 7.70. The van der Waals surface area contributed by atoms with Crippen LogP contribution in [-0.4, -0.2) is 98.9 Å². The maximum absolute atomic E-state index is 13.6. The number of alkyl halides is 3. The molecule has 1 aromatic carbocycles.